The lowest BCUT2D eigenvalue weighted by Gasteiger charge is -2.04. The summed E-state index contributed by atoms with van der Waals surface area (Å²) in [6.45, 7) is 0.114. The molecule has 92 valence electrons. The first kappa shape index (κ1) is 12.0. The standard InChI is InChI=1S/C11H8F2N4O/c12-8-3-1-7(2-4-8)6-18-11-15-5-9(13)10(16-11)17-14/h1-5,14H,6H2. The molecule has 0 amide bonds. The fourth-order valence-electron chi connectivity index (χ4n) is 1.22. The van der Waals surface area contributed by atoms with Crippen LogP contribution in [0.15, 0.2) is 35.6 Å². The van der Waals surface area contributed by atoms with Crippen LogP contribution in [0.25, 0.3) is 0 Å². The Hall–Kier alpha value is -2.44. The maximum atomic E-state index is 12.9. The largest absolute Gasteiger partial charge is 0.459 e. The molecular formula is C11H8F2N4O. The summed E-state index contributed by atoms with van der Waals surface area (Å²) < 4.78 is 30.8. The Balaban J connectivity index is 2.06. The van der Waals surface area contributed by atoms with Crippen LogP contribution in [0, 0.1) is 17.2 Å². The van der Waals surface area contributed by atoms with Crippen molar-refractivity contribution in [2.24, 2.45) is 5.11 Å². The lowest BCUT2D eigenvalue weighted by atomic mass is 10.2. The van der Waals surface area contributed by atoms with Gasteiger partial charge in [-0.3, -0.25) is 0 Å². The summed E-state index contributed by atoms with van der Waals surface area (Å²) in [6, 6.07) is 5.61. The van der Waals surface area contributed by atoms with Gasteiger partial charge >= 0.3 is 6.01 Å². The molecule has 2 aromatic rings. The first-order chi connectivity index (χ1) is 8.69. The number of ether oxygens (including phenoxy) is 1. The van der Waals surface area contributed by atoms with Crippen molar-refractivity contribution in [3.63, 3.8) is 0 Å². The summed E-state index contributed by atoms with van der Waals surface area (Å²) in [4.78, 5) is 7.18. The van der Waals surface area contributed by atoms with Crippen LogP contribution < -0.4 is 4.74 Å². The van der Waals surface area contributed by atoms with Crippen LogP contribution in [0.3, 0.4) is 0 Å². The Kier molecular flexibility index (Phi) is 3.52. The van der Waals surface area contributed by atoms with E-state index in [0.717, 1.165) is 6.20 Å². The van der Waals surface area contributed by atoms with Crippen LogP contribution in [-0.2, 0) is 6.61 Å². The average molecular weight is 250 g/mol. The number of hydrogen-bond acceptors (Lipinski definition) is 5. The SMILES string of the molecule is N=Nc1nc(OCc2ccc(F)cc2)ncc1F. The van der Waals surface area contributed by atoms with Crippen molar-refractivity contribution < 1.29 is 13.5 Å². The maximum absolute atomic E-state index is 12.9. The molecule has 1 heterocycles. The fourth-order valence-corrected chi connectivity index (χ4v) is 1.22. The molecule has 0 saturated heterocycles. The van der Waals surface area contributed by atoms with Gasteiger partial charge in [-0.05, 0) is 17.7 Å². The first-order valence-electron chi connectivity index (χ1n) is 4.96. The monoisotopic (exact) mass is 250 g/mol. The number of hydrogen-bond donors (Lipinski definition) is 1. The second-order valence-electron chi connectivity index (χ2n) is 3.35. The third-order valence-electron chi connectivity index (χ3n) is 2.09. The van der Waals surface area contributed by atoms with Crippen LogP contribution in [-0.4, -0.2) is 9.97 Å². The van der Waals surface area contributed by atoms with E-state index in [1.165, 1.54) is 12.1 Å². The van der Waals surface area contributed by atoms with Crippen LogP contribution in [0.5, 0.6) is 6.01 Å². The van der Waals surface area contributed by atoms with Gasteiger partial charge in [-0.15, -0.1) is 5.11 Å². The molecule has 0 aliphatic rings. The number of nitrogens with zero attached hydrogens (tertiary/aromatic N) is 3. The smallest absolute Gasteiger partial charge is 0.318 e. The first-order valence-corrected chi connectivity index (χ1v) is 4.96. The molecule has 0 radical (unpaired) electrons. The summed E-state index contributed by atoms with van der Waals surface area (Å²) in [5.41, 5.74) is 7.41. The van der Waals surface area contributed by atoms with Gasteiger partial charge in [0.1, 0.15) is 12.4 Å². The molecule has 2 rings (SSSR count). The third kappa shape index (κ3) is 2.82. The zero-order valence-electron chi connectivity index (χ0n) is 9.10. The van der Waals surface area contributed by atoms with E-state index in [0.29, 0.717) is 5.56 Å². The lowest BCUT2D eigenvalue weighted by molar-refractivity contribution is 0.279. The van der Waals surface area contributed by atoms with Crippen molar-refractivity contribution >= 4 is 5.82 Å². The minimum Gasteiger partial charge on any atom is -0.459 e. The van der Waals surface area contributed by atoms with Crippen molar-refractivity contribution in [3.8, 4) is 6.01 Å². The summed E-state index contributed by atoms with van der Waals surface area (Å²) in [6.07, 6.45) is 0.875. The van der Waals surface area contributed by atoms with Crippen LogP contribution >= 0.6 is 0 Å². The molecule has 7 heteroatoms. The molecular weight excluding hydrogens is 242 g/mol. The van der Waals surface area contributed by atoms with Gasteiger partial charge in [0.15, 0.2) is 5.82 Å². The molecule has 0 aliphatic heterocycles. The van der Waals surface area contributed by atoms with Gasteiger partial charge in [0.05, 0.1) is 6.20 Å². The van der Waals surface area contributed by atoms with Crippen LogP contribution in [0.1, 0.15) is 5.56 Å². The Bertz CT molecular complexity index is 559. The Morgan fingerprint density at radius 2 is 1.94 bits per heavy atom. The minimum absolute atomic E-state index is 0.0910. The average Bonchev–Trinajstić information content (AvgIpc) is 2.39. The Morgan fingerprint density at radius 3 is 2.61 bits per heavy atom. The number of rotatable bonds is 4. The zero-order chi connectivity index (χ0) is 13.0. The van der Waals surface area contributed by atoms with Gasteiger partial charge in [-0.25, -0.2) is 19.3 Å². The predicted octanol–water partition coefficient (Wildman–Crippen LogP) is 3.00. The van der Waals surface area contributed by atoms with Crippen molar-refractivity contribution in [1.82, 2.24) is 9.97 Å². The van der Waals surface area contributed by atoms with Crippen molar-refractivity contribution in [2.75, 3.05) is 0 Å². The zero-order valence-corrected chi connectivity index (χ0v) is 9.10. The maximum Gasteiger partial charge on any atom is 0.318 e. The second kappa shape index (κ2) is 5.26. The lowest BCUT2D eigenvalue weighted by Crippen LogP contribution is -2.00. The van der Waals surface area contributed by atoms with Crippen molar-refractivity contribution in [3.05, 3.63) is 47.7 Å². The summed E-state index contributed by atoms with van der Waals surface area (Å²) >= 11 is 0. The highest BCUT2D eigenvalue weighted by Crippen LogP contribution is 2.16. The highest BCUT2D eigenvalue weighted by Gasteiger charge is 2.06. The number of halogens is 2. The second-order valence-corrected chi connectivity index (χ2v) is 3.35. The molecule has 0 spiro atoms. The number of aromatic nitrogens is 2. The molecule has 5 nitrogen and oxygen atoms in total. The van der Waals surface area contributed by atoms with E-state index in [1.54, 1.807) is 12.1 Å². The van der Waals surface area contributed by atoms with E-state index >= 15 is 0 Å². The molecule has 0 bridgehead atoms. The fraction of sp³-hybridized carbons (Fsp3) is 0.0909. The molecule has 1 aromatic carbocycles. The molecule has 1 aromatic heterocycles. The summed E-state index contributed by atoms with van der Waals surface area (Å²) in [7, 11) is 0. The Labute approximate surface area is 101 Å². The summed E-state index contributed by atoms with van der Waals surface area (Å²) in [5, 5.41) is 2.89. The van der Waals surface area contributed by atoms with E-state index < -0.39 is 5.82 Å². The molecule has 0 unspecified atom stereocenters. The van der Waals surface area contributed by atoms with Gasteiger partial charge in [-0.2, -0.15) is 4.98 Å². The minimum atomic E-state index is -0.792. The molecule has 0 saturated carbocycles. The molecule has 1 N–H and O–H groups in total. The van der Waals surface area contributed by atoms with Gasteiger partial charge < -0.3 is 4.74 Å². The molecule has 0 atom stereocenters. The quantitative estimate of drug-likeness (QED) is 0.848. The van der Waals surface area contributed by atoms with E-state index in [-0.39, 0.29) is 24.3 Å². The van der Waals surface area contributed by atoms with E-state index in [4.69, 9.17) is 10.3 Å². The van der Waals surface area contributed by atoms with Crippen LogP contribution in [0.2, 0.25) is 0 Å². The Morgan fingerprint density at radius 1 is 1.22 bits per heavy atom. The summed E-state index contributed by atoms with van der Waals surface area (Å²) in [5.74, 6) is -1.52. The van der Waals surface area contributed by atoms with Crippen molar-refractivity contribution in [2.45, 2.75) is 6.61 Å². The molecule has 18 heavy (non-hydrogen) atoms. The third-order valence-corrected chi connectivity index (χ3v) is 2.09. The van der Waals surface area contributed by atoms with Crippen molar-refractivity contribution in [1.29, 1.82) is 5.53 Å². The topological polar surface area (TPSA) is 71.2 Å². The highest BCUT2D eigenvalue weighted by molar-refractivity contribution is 5.27. The number of benzene rings is 1. The van der Waals surface area contributed by atoms with E-state index in [1.807, 2.05) is 0 Å². The van der Waals surface area contributed by atoms with Gasteiger partial charge in [0.25, 0.3) is 0 Å². The molecule has 0 aliphatic carbocycles. The van der Waals surface area contributed by atoms with Gasteiger partial charge in [0.2, 0.25) is 5.82 Å². The van der Waals surface area contributed by atoms with Crippen LogP contribution in [0.4, 0.5) is 14.6 Å². The van der Waals surface area contributed by atoms with Gasteiger partial charge in [0, 0.05) is 0 Å². The number of nitrogens with one attached hydrogen (secondary N) is 1. The predicted molar refractivity (Wildman–Crippen MR) is 57.5 cm³/mol. The van der Waals surface area contributed by atoms with E-state index in [9.17, 15) is 8.78 Å². The van der Waals surface area contributed by atoms with E-state index in [2.05, 4.69) is 15.1 Å². The highest BCUT2D eigenvalue weighted by atomic mass is 19.1. The van der Waals surface area contributed by atoms with Gasteiger partial charge in [-0.1, -0.05) is 12.1 Å². The normalized spacial score (nSPS) is 10.1. The molecule has 0 fully saturated rings.